The molecule has 3 N–H and O–H groups in total. The number of ether oxygens (including phenoxy) is 4. The summed E-state index contributed by atoms with van der Waals surface area (Å²) < 4.78 is 22.3. The molecule has 1 atom stereocenters. The lowest BCUT2D eigenvalue weighted by atomic mass is 10.1. The Labute approximate surface area is 215 Å². The van der Waals surface area contributed by atoms with Gasteiger partial charge in [-0.15, -0.1) is 0 Å². The van der Waals surface area contributed by atoms with E-state index >= 15 is 0 Å². The van der Waals surface area contributed by atoms with Gasteiger partial charge in [-0.2, -0.15) is 11.8 Å². The fourth-order valence-corrected chi connectivity index (χ4v) is 4.73. The maximum Gasteiger partial charge on any atom is 0.277 e. The number of rotatable bonds is 6. The number of nitrogens with two attached hydrogens (primary N) is 1. The van der Waals surface area contributed by atoms with Crippen LogP contribution >= 0.6 is 11.8 Å². The van der Waals surface area contributed by atoms with Crippen LogP contribution in [0, 0.1) is 10.1 Å². The zero-order chi connectivity index (χ0) is 26.2. The number of Topliss-reactive ketones (excluding diaryl/α,β-unsaturated/α-hetero) is 1. The average Bonchev–Trinajstić information content (AvgIpc) is 2.86. The summed E-state index contributed by atoms with van der Waals surface area (Å²) in [5.41, 5.74) is 5.79. The van der Waals surface area contributed by atoms with Crippen LogP contribution in [-0.2, 0) is 24.8 Å². The second kappa shape index (κ2) is 17.1. The normalized spacial score (nSPS) is 19.3. The molecule has 0 saturated carbocycles. The first-order valence-corrected chi connectivity index (χ1v) is 13.4. The van der Waals surface area contributed by atoms with E-state index in [-0.39, 0.29) is 54.3 Å². The van der Waals surface area contributed by atoms with Crippen molar-refractivity contribution in [1.29, 1.82) is 0 Å². The smallest absolute Gasteiger partial charge is 0.277 e. The number of hydrogen-bond donors (Lipinski definition) is 2. The monoisotopic (exact) mass is 527 g/mol. The molecule has 0 fully saturated rings. The Kier molecular flexibility index (Phi) is 14.2. The highest BCUT2D eigenvalue weighted by Gasteiger charge is 2.25. The molecule has 36 heavy (non-hydrogen) atoms. The van der Waals surface area contributed by atoms with Gasteiger partial charge in [0.15, 0.2) is 17.3 Å². The molecule has 2 rings (SSSR count). The molecule has 1 unspecified atom stereocenters. The number of amides is 1. The standard InChI is InChI=1S/C24H37N3O8S/c1-32-22-9-8-20(27(30)31)18-16-36-17-19(21(28)6-5-10-25)26-23(29)7-3-2-4-11-33-12-13-34-14-15-35-24(18)22/h8-9,19H,2-7,10-17,25H2,1H3,(H,26,29). The second-order valence-electron chi connectivity index (χ2n) is 8.23. The number of nitrogens with one attached hydrogen (secondary N) is 1. The van der Waals surface area contributed by atoms with Crippen molar-refractivity contribution in [3.8, 4) is 11.5 Å². The second-order valence-corrected chi connectivity index (χ2v) is 9.26. The van der Waals surface area contributed by atoms with Gasteiger partial charge in [0.05, 0.1) is 43.5 Å². The van der Waals surface area contributed by atoms with Crippen molar-refractivity contribution in [1.82, 2.24) is 5.32 Å². The molecule has 1 heterocycles. The number of carbonyl (C=O) groups excluding carboxylic acids is 2. The summed E-state index contributed by atoms with van der Waals surface area (Å²) in [5.74, 6) is 0.787. The molecule has 202 valence electrons. The third-order valence-electron chi connectivity index (χ3n) is 5.54. The van der Waals surface area contributed by atoms with Gasteiger partial charge in [-0.3, -0.25) is 19.7 Å². The molecule has 12 heteroatoms. The zero-order valence-electron chi connectivity index (χ0n) is 20.8. The lowest BCUT2D eigenvalue weighted by Gasteiger charge is -2.19. The van der Waals surface area contributed by atoms with E-state index in [1.807, 2.05) is 0 Å². The Morgan fingerprint density at radius 2 is 1.94 bits per heavy atom. The first-order chi connectivity index (χ1) is 17.5. The van der Waals surface area contributed by atoms with Crippen LogP contribution in [0.1, 0.15) is 44.1 Å². The van der Waals surface area contributed by atoms with E-state index in [4.69, 9.17) is 24.7 Å². The number of fused-ring (bicyclic) bond motifs is 1. The Balaban J connectivity index is 2.24. The van der Waals surface area contributed by atoms with E-state index in [0.29, 0.717) is 56.9 Å². The number of benzene rings is 1. The van der Waals surface area contributed by atoms with Crippen LogP contribution in [0.15, 0.2) is 12.1 Å². The van der Waals surface area contributed by atoms with Gasteiger partial charge in [0.2, 0.25) is 5.91 Å². The van der Waals surface area contributed by atoms with Crippen molar-refractivity contribution in [3.63, 3.8) is 0 Å². The van der Waals surface area contributed by atoms with E-state index in [1.54, 1.807) is 0 Å². The quantitative estimate of drug-likeness (QED) is 0.417. The number of ketones is 1. The summed E-state index contributed by atoms with van der Waals surface area (Å²) >= 11 is 1.31. The van der Waals surface area contributed by atoms with Gasteiger partial charge in [0.25, 0.3) is 5.69 Å². The van der Waals surface area contributed by atoms with Crippen molar-refractivity contribution >= 4 is 29.1 Å². The van der Waals surface area contributed by atoms with Gasteiger partial charge in [-0.25, -0.2) is 0 Å². The van der Waals surface area contributed by atoms with E-state index in [1.165, 1.54) is 31.0 Å². The topological polar surface area (TPSA) is 152 Å². The first-order valence-electron chi connectivity index (χ1n) is 12.2. The largest absolute Gasteiger partial charge is 0.493 e. The fraction of sp³-hybridized carbons (Fsp3) is 0.667. The summed E-state index contributed by atoms with van der Waals surface area (Å²) in [6, 6.07) is 2.17. The van der Waals surface area contributed by atoms with E-state index in [9.17, 15) is 19.7 Å². The van der Waals surface area contributed by atoms with Crippen LogP contribution in [0.2, 0.25) is 0 Å². The van der Waals surface area contributed by atoms with E-state index < -0.39 is 11.0 Å². The minimum Gasteiger partial charge on any atom is -0.493 e. The molecule has 1 aliphatic heterocycles. The number of thioether (sulfide) groups is 1. The van der Waals surface area contributed by atoms with Crippen molar-refractivity contribution < 1.29 is 33.5 Å². The number of nitro benzene ring substituents is 1. The van der Waals surface area contributed by atoms with Gasteiger partial charge in [-0.1, -0.05) is 6.42 Å². The third-order valence-corrected chi connectivity index (χ3v) is 6.60. The maximum atomic E-state index is 12.8. The summed E-state index contributed by atoms with van der Waals surface area (Å²) in [7, 11) is 1.46. The van der Waals surface area contributed by atoms with Crippen LogP contribution < -0.4 is 20.5 Å². The first kappa shape index (κ1) is 29.8. The number of nitrogens with zero attached hydrogens (tertiary/aromatic N) is 1. The molecule has 0 aromatic heterocycles. The lowest BCUT2D eigenvalue weighted by Crippen LogP contribution is -2.42. The summed E-state index contributed by atoms with van der Waals surface area (Å²) in [6.07, 6.45) is 3.46. The van der Waals surface area contributed by atoms with Crippen molar-refractivity contribution in [3.05, 3.63) is 27.8 Å². The number of methoxy groups -OCH3 is 1. The molecule has 1 amide bonds. The van der Waals surface area contributed by atoms with E-state index in [0.717, 1.165) is 12.8 Å². The number of hydrogen-bond acceptors (Lipinski definition) is 10. The highest BCUT2D eigenvalue weighted by molar-refractivity contribution is 7.98. The number of nitro groups is 1. The summed E-state index contributed by atoms with van der Waals surface area (Å²) in [5, 5.41) is 14.6. The zero-order valence-corrected chi connectivity index (χ0v) is 21.6. The van der Waals surface area contributed by atoms with Crippen LogP contribution in [-0.4, -0.2) is 75.1 Å². The van der Waals surface area contributed by atoms with Gasteiger partial charge in [0, 0.05) is 37.0 Å². The minimum atomic E-state index is -0.703. The molecule has 11 nitrogen and oxygen atoms in total. The maximum absolute atomic E-state index is 12.8. The highest BCUT2D eigenvalue weighted by atomic mass is 32.2. The number of carbonyl (C=O) groups is 2. The van der Waals surface area contributed by atoms with Crippen LogP contribution in [0.3, 0.4) is 0 Å². The molecular formula is C24H37N3O8S. The Morgan fingerprint density at radius 1 is 1.19 bits per heavy atom. The molecule has 0 radical (unpaired) electrons. The van der Waals surface area contributed by atoms with Crippen molar-refractivity contribution in [2.75, 3.05) is 52.4 Å². The molecule has 1 aromatic rings. The van der Waals surface area contributed by atoms with Gasteiger partial charge >= 0.3 is 0 Å². The molecular weight excluding hydrogens is 490 g/mol. The molecule has 0 saturated heterocycles. The highest BCUT2D eigenvalue weighted by Crippen LogP contribution is 2.39. The van der Waals surface area contributed by atoms with Gasteiger partial charge < -0.3 is 30.0 Å². The van der Waals surface area contributed by atoms with Crippen LogP contribution in [0.5, 0.6) is 11.5 Å². The molecule has 1 aromatic carbocycles. The predicted molar refractivity (Wildman–Crippen MR) is 137 cm³/mol. The van der Waals surface area contributed by atoms with E-state index in [2.05, 4.69) is 5.32 Å². The summed E-state index contributed by atoms with van der Waals surface area (Å²) in [4.78, 5) is 36.5. The third kappa shape index (κ3) is 10.3. The predicted octanol–water partition coefficient (Wildman–Crippen LogP) is 2.62. The molecule has 0 aliphatic carbocycles. The van der Waals surface area contributed by atoms with Gasteiger partial charge in [0.1, 0.15) is 6.61 Å². The van der Waals surface area contributed by atoms with Crippen molar-refractivity contribution in [2.24, 2.45) is 5.73 Å². The molecule has 0 bridgehead atoms. The summed E-state index contributed by atoms with van der Waals surface area (Å²) in [6.45, 7) is 2.25. The van der Waals surface area contributed by atoms with Gasteiger partial charge in [-0.05, 0) is 31.9 Å². The van der Waals surface area contributed by atoms with Crippen LogP contribution in [0.25, 0.3) is 0 Å². The Bertz CT molecular complexity index is 855. The SMILES string of the molecule is COc1ccc([N+](=O)[O-])c2c1OCCOCCOCCCCCC(=O)NC(C(=O)CCCN)CSC2. The Hall–Kier alpha value is -2.41. The van der Waals surface area contributed by atoms with Crippen LogP contribution in [0.4, 0.5) is 5.69 Å². The minimum absolute atomic E-state index is 0.106. The lowest BCUT2D eigenvalue weighted by molar-refractivity contribution is -0.385. The molecule has 1 aliphatic rings. The molecule has 0 spiro atoms. The van der Waals surface area contributed by atoms with Crippen molar-refractivity contribution in [2.45, 2.75) is 50.3 Å². The Morgan fingerprint density at radius 3 is 2.67 bits per heavy atom. The average molecular weight is 528 g/mol. The fourth-order valence-electron chi connectivity index (χ4n) is 3.63.